The predicted octanol–water partition coefficient (Wildman–Crippen LogP) is 6.87. The highest BCUT2D eigenvalue weighted by molar-refractivity contribution is 5.72. The first kappa shape index (κ1) is 16.6. The van der Waals surface area contributed by atoms with Gasteiger partial charge in [0.1, 0.15) is 11.4 Å². The quantitative estimate of drug-likeness (QED) is 0.576. The molecule has 1 saturated carbocycles. The Kier molecular flexibility index (Phi) is 5.14. The zero-order valence-corrected chi connectivity index (χ0v) is 15.0. The summed E-state index contributed by atoms with van der Waals surface area (Å²) in [4.78, 5) is 0. The summed E-state index contributed by atoms with van der Waals surface area (Å²) < 4.78 is 6.52. The second kappa shape index (κ2) is 7.11. The molecule has 1 aliphatic carbocycles. The Labute approximate surface area is 142 Å². The fraction of sp³-hybridized carbons (Fsp3) is 0.636. The van der Waals surface area contributed by atoms with E-state index in [1.165, 1.54) is 61.6 Å². The molecule has 0 spiro atoms. The van der Waals surface area contributed by atoms with E-state index in [1.54, 1.807) is 0 Å². The maximum absolute atomic E-state index is 6.52. The minimum atomic E-state index is -0.0214. The predicted molar refractivity (Wildman–Crippen MR) is 99.1 cm³/mol. The SMILES string of the molecule is C=C1CC(CC)(CCCC)Oc2ccc(C3CCCCC3)cc21. The van der Waals surface area contributed by atoms with Gasteiger partial charge in [-0.1, -0.05) is 52.2 Å². The summed E-state index contributed by atoms with van der Waals surface area (Å²) in [5, 5.41) is 0. The molecule has 0 N–H and O–H groups in total. The molecule has 1 aliphatic heterocycles. The van der Waals surface area contributed by atoms with Crippen LogP contribution in [0.15, 0.2) is 24.8 Å². The Morgan fingerprint density at radius 1 is 1.17 bits per heavy atom. The van der Waals surface area contributed by atoms with Crippen LogP contribution in [0.25, 0.3) is 5.57 Å². The van der Waals surface area contributed by atoms with Gasteiger partial charge in [0.2, 0.25) is 0 Å². The number of rotatable bonds is 5. The van der Waals surface area contributed by atoms with Crippen LogP contribution in [-0.4, -0.2) is 5.60 Å². The largest absolute Gasteiger partial charge is 0.486 e. The Morgan fingerprint density at radius 3 is 2.65 bits per heavy atom. The molecule has 1 heterocycles. The lowest BCUT2D eigenvalue weighted by atomic mass is 9.79. The van der Waals surface area contributed by atoms with Crippen molar-refractivity contribution in [3.05, 3.63) is 35.9 Å². The van der Waals surface area contributed by atoms with Gasteiger partial charge in [-0.25, -0.2) is 0 Å². The zero-order chi connectivity index (χ0) is 16.3. The third-order valence-electron chi connectivity index (χ3n) is 5.95. The van der Waals surface area contributed by atoms with Gasteiger partial charge < -0.3 is 4.74 Å². The van der Waals surface area contributed by atoms with E-state index in [1.807, 2.05) is 0 Å². The molecule has 126 valence electrons. The summed E-state index contributed by atoms with van der Waals surface area (Å²) in [6, 6.07) is 6.92. The molecule has 2 aliphatic rings. The summed E-state index contributed by atoms with van der Waals surface area (Å²) in [6.07, 6.45) is 12.5. The first-order valence-electron chi connectivity index (χ1n) is 9.68. The van der Waals surface area contributed by atoms with E-state index in [0.717, 1.165) is 30.9 Å². The molecule has 1 nitrogen and oxygen atoms in total. The molecule has 0 saturated heterocycles. The van der Waals surface area contributed by atoms with Crippen LogP contribution >= 0.6 is 0 Å². The summed E-state index contributed by atoms with van der Waals surface area (Å²) in [7, 11) is 0. The van der Waals surface area contributed by atoms with Gasteiger partial charge in [0, 0.05) is 12.0 Å². The number of benzene rings is 1. The molecule has 0 bridgehead atoms. The number of unbranched alkanes of at least 4 members (excludes halogenated alkanes) is 1. The highest BCUT2D eigenvalue weighted by Gasteiger charge is 2.36. The standard InChI is InChI=1S/C22H32O/c1-4-6-14-22(5-2)16-17(3)20-15-19(12-13-21(20)23-22)18-10-8-7-9-11-18/h12-13,15,18H,3-11,14,16H2,1-2H3. The molecule has 3 rings (SSSR count). The number of hydrogen-bond donors (Lipinski definition) is 0. The van der Waals surface area contributed by atoms with Crippen LogP contribution in [0.4, 0.5) is 0 Å². The molecule has 0 amide bonds. The van der Waals surface area contributed by atoms with Gasteiger partial charge in [0.25, 0.3) is 0 Å². The van der Waals surface area contributed by atoms with Gasteiger partial charge in [0.15, 0.2) is 0 Å². The van der Waals surface area contributed by atoms with Crippen LogP contribution in [0.1, 0.15) is 95.1 Å². The number of fused-ring (bicyclic) bond motifs is 1. The lowest BCUT2D eigenvalue weighted by Crippen LogP contribution is -2.38. The fourth-order valence-corrected chi connectivity index (χ4v) is 4.37. The summed E-state index contributed by atoms with van der Waals surface area (Å²) in [6.45, 7) is 8.92. The topological polar surface area (TPSA) is 9.23 Å². The van der Waals surface area contributed by atoms with Gasteiger partial charge in [-0.05, 0) is 61.3 Å². The van der Waals surface area contributed by atoms with E-state index in [4.69, 9.17) is 4.74 Å². The van der Waals surface area contributed by atoms with Gasteiger partial charge in [-0.15, -0.1) is 0 Å². The average Bonchev–Trinajstić information content (AvgIpc) is 2.60. The van der Waals surface area contributed by atoms with Crippen molar-refractivity contribution in [2.75, 3.05) is 0 Å². The van der Waals surface area contributed by atoms with Crippen molar-refractivity contribution in [1.82, 2.24) is 0 Å². The van der Waals surface area contributed by atoms with Crippen molar-refractivity contribution in [3.8, 4) is 5.75 Å². The van der Waals surface area contributed by atoms with E-state index >= 15 is 0 Å². The molecule has 1 aromatic carbocycles. The van der Waals surface area contributed by atoms with E-state index < -0.39 is 0 Å². The molecule has 1 unspecified atom stereocenters. The minimum absolute atomic E-state index is 0.0214. The van der Waals surface area contributed by atoms with E-state index in [-0.39, 0.29) is 5.60 Å². The zero-order valence-electron chi connectivity index (χ0n) is 15.0. The van der Waals surface area contributed by atoms with Gasteiger partial charge in [0.05, 0.1) is 0 Å². The maximum atomic E-state index is 6.52. The molecule has 0 radical (unpaired) electrons. The summed E-state index contributed by atoms with van der Waals surface area (Å²) in [5.74, 6) is 1.82. The molecular weight excluding hydrogens is 280 g/mol. The van der Waals surface area contributed by atoms with Crippen LogP contribution in [0, 0.1) is 0 Å². The van der Waals surface area contributed by atoms with Crippen LogP contribution < -0.4 is 4.74 Å². The number of hydrogen-bond acceptors (Lipinski definition) is 1. The second-order valence-electron chi connectivity index (χ2n) is 7.61. The van der Waals surface area contributed by atoms with Gasteiger partial charge in [-0.3, -0.25) is 0 Å². The minimum Gasteiger partial charge on any atom is -0.486 e. The van der Waals surface area contributed by atoms with Crippen LogP contribution in [-0.2, 0) is 0 Å². The summed E-state index contributed by atoms with van der Waals surface area (Å²) >= 11 is 0. The Morgan fingerprint density at radius 2 is 1.96 bits per heavy atom. The molecule has 1 heteroatoms. The Bertz CT molecular complexity index is 553. The molecule has 23 heavy (non-hydrogen) atoms. The number of ether oxygens (including phenoxy) is 1. The van der Waals surface area contributed by atoms with Crippen molar-refractivity contribution < 1.29 is 4.74 Å². The molecular formula is C22H32O. The third kappa shape index (κ3) is 3.49. The lowest BCUT2D eigenvalue weighted by Gasteiger charge is -2.40. The average molecular weight is 312 g/mol. The fourth-order valence-electron chi connectivity index (χ4n) is 4.37. The van der Waals surface area contributed by atoms with Crippen molar-refractivity contribution in [2.24, 2.45) is 0 Å². The maximum Gasteiger partial charge on any atom is 0.127 e. The first-order valence-corrected chi connectivity index (χ1v) is 9.68. The monoisotopic (exact) mass is 312 g/mol. The Balaban J connectivity index is 1.84. The van der Waals surface area contributed by atoms with Crippen molar-refractivity contribution in [3.63, 3.8) is 0 Å². The first-order chi connectivity index (χ1) is 11.2. The Hall–Kier alpha value is -1.24. The smallest absolute Gasteiger partial charge is 0.127 e. The van der Waals surface area contributed by atoms with Crippen LogP contribution in [0.3, 0.4) is 0 Å². The third-order valence-corrected chi connectivity index (χ3v) is 5.95. The van der Waals surface area contributed by atoms with Gasteiger partial charge >= 0.3 is 0 Å². The van der Waals surface area contributed by atoms with Crippen LogP contribution in [0.2, 0.25) is 0 Å². The van der Waals surface area contributed by atoms with Gasteiger partial charge in [-0.2, -0.15) is 0 Å². The molecule has 1 aromatic rings. The molecule has 1 atom stereocenters. The van der Waals surface area contributed by atoms with Crippen LogP contribution in [0.5, 0.6) is 5.75 Å². The van der Waals surface area contributed by atoms with Crippen molar-refractivity contribution >= 4 is 5.57 Å². The van der Waals surface area contributed by atoms with Crippen molar-refractivity contribution in [2.45, 2.75) is 89.6 Å². The molecule has 0 aromatic heterocycles. The highest BCUT2D eigenvalue weighted by atomic mass is 16.5. The van der Waals surface area contributed by atoms with Crippen molar-refractivity contribution in [1.29, 1.82) is 0 Å². The normalized spacial score (nSPS) is 25.0. The van der Waals surface area contributed by atoms with E-state index in [2.05, 4.69) is 38.6 Å². The van der Waals surface area contributed by atoms with E-state index in [0.29, 0.717) is 0 Å². The highest BCUT2D eigenvalue weighted by Crippen LogP contribution is 2.45. The molecule has 1 fully saturated rings. The lowest BCUT2D eigenvalue weighted by molar-refractivity contribution is 0.0514. The second-order valence-corrected chi connectivity index (χ2v) is 7.61. The van der Waals surface area contributed by atoms with E-state index in [9.17, 15) is 0 Å². The summed E-state index contributed by atoms with van der Waals surface area (Å²) in [5.41, 5.74) is 4.04.